The molecule has 0 atom stereocenters. The van der Waals surface area contributed by atoms with E-state index in [2.05, 4.69) is 49.3 Å². The van der Waals surface area contributed by atoms with Gasteiger partial charge in [0.05, 0.1) is 12.1 Å². The lowest BCUT2D eigenvalue weighted by atomic mass is 9.92. The van der Waals surface area contributed by atoms with Crippen molar-refractivity contribution in [1.29, 1.82) is 0 Å². The average molecular weight is 384 g/mol. The third-order valence-corrected chi connectivity index (χ3v) is 4.79. The monoisotopic (exact) mass is 384 g/mol. The molecule has 146 valence electrons. The van der Waals surface area contributed by atoms with Crippen LogP contribution in [-0.2, 0) is 16.6 Å². The summed E-state index contributed by atoms with van der Waals surface area (Å²) in [5.74, 6) is 1.21. The van der Waals surface area contributed by atoms with Crippen LogP contribution in [0.3, 0.4) is 0 Å². The highest BCUT2D eigenvalue weighted by molar-refractivity contribution is 5.93. The highest BCUT2D eigenvalue weighted by Gasteiger charge is 2.22. The van der Waals surface area contributed by atoms with E-state index in [4.69, 9.17) is 5.10 Å². The van der Waals surface area contributed by atoms with E-state index < -0.39 is 0 Å². The molecular weight excluding hydrogens is 360 g/mol. The molecular formula is C24H24N4O. The molecule has 2 aromatic carbocycles. The third-order valence-electron chi connectivity index (χ3n) is 4.79. The standard InChI is InChI=1S/C24H24N4O/c1-24(2,3)20-16-22(28(27-20)21-10-6-7-13-25-21)26-23(29)15-17-11-12-18-8-4-5-9-19(18)14-17/h4-14,16H,15H2,1-3H3,(H,26,29). The molecule has 2 heterocycles. The Morgan fingerprint density at radius 2 is 1.72 bits per heavy atom. The number of fused-ring (bicyclic) bond motifs is 1. The first-order chi connectivity index (χ1) is 13.9. The van der Waals surface area contributed by atoms with E-state index in [1.165, 1.54) is 5.39 Å². The minimum absolute atomic E-state index is 0.0854. The number of aromatic nitrogens is 3. The fraction of sp³-hybridized carbons (Fsp3) is 0.208. The lowest BCUT2D eigenvalue weighted by molar-refractivity contribution is -0.115. The van der Waals surface area contributed by atoms with Gasteiger partial charge in [0.1, 0.15) is 5.82 Å². The minimum atomic E-state index is -0.141. The number of rotatable bonds is 4. The first-order valence-corrected chi connectivity index (χ1v) is 9.70. The van der Waals surface area contributed by atoms with Gasteiger partial charge in [0, 0.05) is 17.7 Å². The molecule has 0 spiro atoms. The van der Waals surface area contributed by atoms with Gasteiger partial charge in [-0.15, -0.1) is 0 Å². The molecule has 0 saturated carbocycles. The van der Waals surface area contributed by atoms with Gasteiger partial charge in [-0.1, -0.05) is 69.3 Å². The molecule has 29 heavy (non-hydrogen) atoms. The van der Waals surface area contributed by atoms with Crippen LogP contribution >= 0.6 is 0 Å². The molecule has 0 radical (unpaired) electrons. The highest BCUT2D eigenvalue weighted by Crippen LogP contribution is 2.26. The number of nitrogens with zero attached hydrogens (tertiary/aromatic N) is 3. The van der Waals surface area contributed by atoms with Crippen LogP contribution in [0.5, 0.6) is 0 Å². The number of amides is 1. The number of anilines is 1. The summed E-state index contributed by atoms with van der Waals surface area (Å²) in [4.78, 5) is 17.2. The SMILES string of the molecule is CC(C)(C)c1cc(NC(=O)Cc2ccc3ccccc3c2)n(-c2ccccn2)n1. The molecule has 4 rings (SSSR count). The van der Waals surface area contributed by atoms with Crippen molar-refractivity contribution >= 4 is 22.5 Å². The van der Waals surface area contributed by atoms with Crippen LogP contribution in [0.25, 0.3) is 16.6 Å². The topological polar surface area (TPSA) is 59.8 Å². The van der Waals surface area contributed by atoms with Crippen molar-refractivity contribution in [2.45, 2.75) is 32.6 Å². The maximum atomic E-state index is 12.8. The van der Waals surface area contributed by atoms with E-state index in [-0.39, 0.29) is 11.3 Å². The van der Waals surface area contributed by atoms with Gasteiger partial charge in [0.25, 0.3) is 0 Å². The molecule has 0 fully saturated rings. The normalized spacial score (nSPS) is 11.6. The molecule has 0 saturated heterocycles. The van der Waals surface area contributed by atoms with E-state index in [1.54, 1.807) is 10.9 Å². The Hall–Kier alpha value is -3.47. The molecule has 5 heteroatoms. The lowest BCUT2D eigenvalue weighted by Crippen LogP contribution is -2.17. The summed E-state index contributed by atoms with van der Waals surface area (Å²) in [7, 11) is 0. The van der Waals surface area contributed by atoms with Crippen molar-refractivity contribution in [3.05, 3.63) is 84.2 Å². The van der Waals surface area contributed by atoms with Crippen LogP contribution < -0.4 is 5.32 Å². The number of pyridine rings is 1. The quantitative estimate of drug-likeness (QED) is 0.544. The third kappa shape index (κ3) is 4.19. The van der Waals surface area contributed by atoms with Crippen molar-refractivity contribution in [2.24, 2.45) is 0 Å². The summed E-state index contributed by atoms with van der Waals surface area (Å²) in [6, 6.07) is 21.8. The van der Waals surface area contributed by atoms with Crippen LogP contribution in [-0.4, -0.2) is 20.7 Å². The number of nitrogens with one attached hydrogen (secondary N) is 1. The van der Waals surface area contributed by atoms with Crippen LogP contribution in [0.1, 0.15) is 32.0 Å². The Bertz CT molecular complexity index is 1160. The molecule has 0 aliphatic carbocycles. The minimum Gasteiger partial charge on any atom is -0.310 e. The van der Waals surface area contributed by atoms with Gasteiger partial charge < -0.3 is 5.32 Å². The van der Waals surface area contributed by atoms with Crippen molar-refractivity contribution in [1.82, 2.24) is 14.8 Å². The zero-order valence-electron chi connectivity index (χ0n) is 16.9. The smallest absolute Gasteiger partial charge is 0.229 e. The first-order valence-electron chi connectivity index (χ1n) is 9.70. The predicted molar refractivity (Wildman–Crippen MR) is 116 cm³/mol. The summed E-state index contributed by atoms with van der Waals surface area (Å²) >= 11 is 0. The Morgan fingerprint density at radius 1 is 0.966 bits per heavy atom. The van der Waals surface area contributed by atoms with Crippen molar-refractivity contribution in [2.75, 3.05) is 5.32 Å². The fourth-order valence-corrected chi connectivity index (χ4v) is 3.21. The lowest BCUT2D eigenvalue weighted by Gasteiger charge is -2.13. The Morgan fingerprint density at radius 3 is 2.45 bits per heavy atom. The average Bonchev–Trinajstić information content (AvgIpc) is 3.12. The molecule has 0 unspecified atom stereocenters. The zero-order valence-corrected chi connectivity index (χ0v) is 16.9. The summed E-state index contributed by atoms with van der Waals surface area (Å²) in [5.41, 5.74) is 1.73. The maximum Gasteiger partial charge on any atom is 0.229 e. The molecule has 0 aliphatic rings. The van der Waals surface area contributed by atoms with Gasteiger partial charge in [-0.3, -0.25) is 4.79 Å². The molecule has 0 aliphatic heterocycles. The van der Waals surface area contributed by atoms with E-state index in [9.17, 15) is 4.79 Å². The van der Waals surface area contributed by atoms with Gasteiger partial charge >= 0.3 is 0 Å². The second kappa shape index (κ2) is 7.51. The van der Waals surface area contributed by atoms with E-state index >= 15 is 0 Å². The highest BCUT2D eigenvalue weighted by atomic mass is 16.1. The molecule has 2 aromatic heterocycles. The van der Waals surface area contributed by atoms with Crippen LogP contribution in [0.15, 0.2) is 72.9 Å². The summed E-state index contributed by atoms with van der Waals surface area (Å²) in [6.07, 6.45) is 2.01. The van der Waals surface area contributed by atoms with E-state index in [0.29, 0.717) is 18.1 Å². The molecule has 0 bridgehead atoms. The Balaban J connectivity index is 1.60. The van der Waals surface area contributed by atoms with Crippen LogP contribution in [0, 0.1) is 0 Å². The molecule has 1 N–H and O–H groups in total. The largest absolute Gasteiger partial charge is 0.310 e. The number of hydrogen-bond donors (Lipinski definition) is 1. The van der Waals surface area contributed by atoms with Crippen LogP contribution in [0.4, 0.5) is 5.82 Å². The number of carbonyl (C=O) groups excluding carboxylic acids is 1. The zero-order chi connectivity index (χ0) is 20.4. The second-order valence-corrected chi connectivity index (χ2v) is 8.17. The number of carbonyl (C=O) groups is 1. The van der Waals surface area contributed by atoms with Crippen molar-refractivity contribution in [3.63, 3.8) is 0 Å². The van der Waals surface area contributed by atoms with Gasteiger partial charge in [-0.25, -0.2) is 4.98 Å². The van der Waals surface area contributed by atoms with Crippen molar-refractivity contribution < 1.29 is 4.79 Å². The number of benzene rings is 2. The fourth-order valence-electron chi connectivity index (χ4n) is 3.21. The Labute approximate surface area is 170 Å². The molecule has 1 amide bonds. The molecule has 4 aromatic rings. The summed E-state index contributed by atoms with van der Waals surface area (Å²) in [5, 5.41) is 10.0. The van der Waals surface area contributed by atoms with Crippen LogP contribution in [0.2, 0.25) is 0 Å². The van der Waals surface area contributed by atoms with E-state index in [1.807, 2.05) is 48.5 Å². The van der Waals surface area contributed by atoms with Gasteiger partial charge in [0.2, 0.25) is 5.91 Å². The number of hydrogen-bond acceptors (Lipinski definition) is 3. The van der Waals surface area contributed by atoms with E-state index in [0.717, 1.165) is 16.6 Å². The van der Waals surface area contributed by atoms with Gasteiger partial charge in [-0.05, 0) is 28.5 Å². The Kier molecular flexibility index (Phi) is 4.89. The van der Waals surface area contributed by atoms with Gasteiger partial charge in [0.15, 0.2) is 5.82 Å². The summed E-state index contributed by atoms with van der Waals surface area (Å²) in [6.45, 7) is 6.29. The first kappa shape index (κ1) is 18.9. The molecule has 5 nitrogen and oxygen atoms in total. The van der Waals surface area contributed by atoms with Crippen molar-refractivity contribution in [3.8, 4) is 5.82 Å². The summed E-state index contributed by atoms with van der Waals surface area (Å²) < 4.78 is 1.69. The predicted octanol–water partition coefficient (Wildman–Crippen LogP) is 4.90. The maximum absolute atomic E-state index is 12.8. The second-order valence-electron chi connectivity index (χ2n) is 8.17. The van der Waals surface area contributed by atoms with Gasteiger partial charge in [-0.2, -0.15) is 9.78 Å².